The normalized spacial score (nSPS) is 21.8. The van der Waals surface area contributed by atoms with Crippen molar-refractivity contribution >= 4 is 17.7 Å². The molecule has 1 aliphatic carbocycles. The van der Waals surface area contributed by atoms with Crippen molar-refractivity contribution in [1.82, 2.24) is 0 Å². The third kappa shape index (κ3) is 4.67. The molecule has 1 aliphatic rings. The predicted octanol–water partition coefficient (Wildman–Crippen LogP) is 4.37. The van der Waals surface area contributed by atoms with Crippen LogP contribution >= 0.6 is 11.8 Å². The van der Waals surface area contributed by atoms with Crippen LogP contribution in [0.15, 0.2) is 24.3 Å². The van der Waals surface area contributed by atoms with Gasteiger partial charge < -0.3 is 9.47 Å². The maximum absolute atomic E-state index is 11.6. The molecule has 1 aromatic carbocycles. The van der Waals surface area contributed by atoms with Crippen molar-refractivity contribution in [3.8, 4) is 5.75 Å². The van der Waals surface area contributed by atoms with E-state index in [0.29, 0.717) is 18.3 Å². The van der Waals surface area contributed by atoms with Gasteiger partial charge in [0.1, 0.15) is 17.8 Å². The molecule has 0 N–H and O–H groups in total. The zero-order valence-electron chi connectivity index (χ0n) is 12.8. The van der Waals surface area contributed by atoms with Crippen LogP contribution < -0.4 is 4.74 Å². The summed E-state index contributed by atoms with van der Waals surface area (Å²) in [5, 5.41) is 0. The van der Waals surface area contributed by atoms with E-state index in [1.165, 1.54) is 12.0 Å². The van der Waals surface area contributed by atoms with Crippen LogP contribution in [-0.2, 0) is 9.53 Å². The Balaban J connectivity index is 2.10. The van der Waals surface area contributed by atoms with Crippen molar-refractivity contribution in [2.24, 2.45) is 0 Å². The molecule has 0 aromatic heterocycles. The van der Waals surface area contributed by atoms with E-state index in [-0.39, 0.29) is 12.1 Å². The van der Waals surface area contributed by atoms with Crippen molar-refractivity contribution in [2.75, 3.05) is 12.2 Å². The quantitative estimate of drug-likeness (QED) is 0.577. The van der Waals surface area contributed by atoms with Crippen LogP contribution in [0.3, 0.4) is 0 Å². The Morgan fingerprint density at radius 1 is 1.33 bits per heavy atom. The number of benzene rings is 1. The second-order valence-corrected chi connectivity index (χ2v) is 6.21. The monoisotopic (exact) mass is 308 g/mol. The van der Waals surface area contributed by atoms with Gasteiger partial charge in [0.05, 0.1) is 0 Å². The molecule has 0 radical (unpaired) electrons. The average Bonchev–Trinajstić information content (AvgIpc) is 2.53. The summed E-state index contributed by atoms with van der Waals surface area (Å²) >= 11 is 1.66. The maximum Gasteiger partial charge on any atom is 0.305 e. The highest BCUT2D eigenvalue weighted by Gasteiger charge is 2.29. The Kier molecular flexibility index (Phi) is 6.43. The van der Waals surface area contributed by atoms with Crippen LogP contribution in [0, 0.1) is 0 Å². The SMILES string of the molecule is CCC(=O)O[C@H]1CCCC[C@@H]1c1cccc(OCSC)c1. The molecule has 2 atom stereocenters. The minimum atomic E-state index is -0.0957. The fourth-order valence-electron chi connectivity index (χ4n) is 2.83. The van der Waals surface area contributed by atoms with Gasteiger partial charge in [-0.3, -0.25) is 4.79 Å². The fourth-order valence-corrected chi connectivity index (χ4v) is 3.09. The van der Waals surface area contributed by atoms with Crippen LogP contribution in [0.2, 0.25) is 0 Å². The number of hydrogen-bond acceptors (Lipinski definition) is 4. The number of thioether (sulfide) groups is 1. The summed E-state index contributed by atoms with van der Waals surface area (Å²) in [6.45, 7) is 1.84. The summed E-state index contributed by atoms with van der Waals surface area (Å²) in [4.78, 5) is 11.6. The molecule has 0 spiro atoms. The van der Waals surface area contributed by atoms with Gasteiger partial charge in [0.15, 0.2) is 0 Å². The molecule has 0 bridgehead atoms. The Bertz CT molecular complexity index is 461. The summed E-state index contributed by atoms with van der Waals surface area (Å²) in [6, 6.07) is 8.22. The zero-order chi connectivity index (χ0) is 15.1. The number of esters is 1. The molecule has 3 nitrogen and oxygen atoms in total. The number of carbonyl (C=O) groups excluding carboxylic acids is 1. The predicted molar refractivity (Wildman–Crippen MR) is 86.8 cm³/mol. The van der Waals surface area contributed by atoms with Crippen molar-refractivity contribution in [3.63, 3.8) is 0 Å². The van der Waals surface area contributed by atoms with Gasteiger partial charge in [-0.2, -0.15) is 0 Å². The van der Waals surface area contributed by atoms with Gasteiger partial charge in [0.2, 0.25) is 0 Å². The van der Waals surface area contributed by atoms with Crippen LogP contribution in [0.1, 0.15) is 50.5 Å². The number of rotatable bonds is 6. The molecule has 0 amide bonds. The molecule has 1 saturated carbocycles. The van der Waals surface area contributed by atoms with Crippen molar-refractivity contribution in [1.29, 1.82) is 0 Å². The maximum atomic E-state index is 11.6. The molecular weight excluding hydrogens is 284 g/mol. The third-order valence-corrected chi connectivity index (χ3v) is 4.26. The van der Waals surface area contributed by atoms with Gasteiger partial charge in [-0.1, -0.05) is 25.5 Å². The topological polar surface area (TPSA) is 35.5 Å². The summed E-state index contributed by atoms with van der Waals surface area (Å²) < 4.78 is 11.3. The Hall–Kier alpha value is -1.16. The number of carbonyl (C=O) groups is 1. The van der Waals surface area contributed by atoms with Gasteiger partial charge in [-0.25, -0.2) is 0 Å². The van der Waals surface area contributed by atoms with E-state index >= 15 is 0 Å². The largest absolute Gasteiger partial charge is 0.483 e. The van der Waals surface area contributed by atoms with E-state index in [1.54, 1.807) is 11.8 Å². The third-order valence-electron chi connectivity index (χ3n) is 3.90. The number of ether oxygens (including phenoxy) is 2. The summed E-state index contributed by atoms with van der Waals surface area (Å²) in [5.41, 5.74) is 1.22. The summed E-state index contributed by atoms with van der Waals surface area (Å²) in [7, 11) is 0. The van der Waals surface area contributed by atoms with E-state index < -0.39 is 0 Å². The summed E-state index contributed by atoms with van der Waals surface area (Å²) in [6.07, 6.45) is 6.86. The molecular formula is C17H24O3S. The smallest absolute Gasteiger partial charge is 0.305 e. The first kappa shape index (κ1) is 16.2. The highest BCUT2D eigenvalue weighted by molar-refractivity contribution is 7.98. The Morgan fingerprint density at radius 3 is 2.90 bits per heavy atom. The second kappa shape index (κ2) is 8.32. The van der Waals surface area contributed by atoms with Crippen LogP contribution in [0.5, 0.6) is 5.75 Å². The molecule has 21 heavy (non-hydrogen) atoms. The lowest BCUT2D eigenvalue weighted by molar-refractivity contribution is -0.151. The molecule has 0 unspecified atom stereocenters. The van der Waals surface area contributed by atoms with Crippen molar-refractivity contribution < 1.29 is 14.3 Å². The summed E-state index contributed by atoms with van der Waals surface area (Å²) in [5.74, 6) is 1.75. The molecule has 0 aliphatic heterocycles. The van der Waals surface area contributed by atoms with E-state index in [4.69, 9.17) is 9.47 Å². The fraction of sp³-hybridized carbons (Fsp3) is 0.588. The van der Waals surface area contributed by atoms with E-state index in [9.17, 15) is 4.79 Å². The highest BCUT2D eigenvalue weighted by Crippen LogP contribution is 2.36. The Morgan fingerprint density at radius 2 is 2.14 bits per heavy atom. The van der Waals surface area contributed by atoms with Gasteiger partial charge in [0.25, 0.3) is 0 Å². The van der Waals surface area contributed by atoms with Gasteiger partial charge >= 0.3 is 5.97 Å². The lowest BCUT2D eigenvalue weighted by atomic mass is 9.81. The van der Waals surface area contributed by atoms with E-state index in [2.05, 4.69) is 12.1 Å². The minimum absolute atomic E-state index is 0.0157. The van der Waals surface area contributed by atoms with Crippen LogP contribution in [-0.4, -0.2) is 24.3 Å². The van der Waals surface area contributed by atoms with Gasteiger partial charge in [-0.05, 0) is 43.2 Å². The van der Waals surface area contributed by atoms with Crippen molar-refractivity contribution in [2.45, 2.75) is 51.0 Å². The van der Waals surface area contributed by atoms with Crippen LogP contribution in [0.4, 0.5) is 0 Å². The average molecular weight is 308 g/mol. The highest BCUT2D eigenvalue weighted by atomic mass is 32.2. The molecule has 1 fully saturated rings. The molecule has 4 heteroatoms. The first-order valence-electron chi connectivity index (χ1n) is 7.65. The van der Waals surface area contributed by atoms with Crippen molar-refractivity contribution in [3.05, 3.63) is 29.8 Å². The molecule has 116 valence electrons. The lowest BCUT2D eigenvalue weighted by Crippen LogP contribution is -2.28. The van der Waals surface area contributed by atoms with E-state index in [0.717, 1.165) is 25.0 Å². The molecule has 1 aromatic rings. The van der Waals surface area contributed by atoms with Crippen LogP contribution in [0.25, 0.3) is 0 Å². The zero-order valence-corrected chi connectivity index (χ0v) is 13.7. The second-order valence-electron chi connectivity index (χ2n) is 5.40. The number of hydrogen-bond donors (Lipinski definition) is 0. The lowest BCUT2D eigenvalue weighted by Gasteiger charge is -2.31. The van der Waals surface area contributed by atoms with Gasteiger partial charge in [0, 0.05) is 12.3 Å². The minimum Gasteiger partial charge on any atom is -0.483 e. The molecule has 0 saturated heterocycles. The van der Waals surface area contributed by atoms with E-state index in [1.807, 2.05) is 25.3 Å². The van der Waals surface area contributed by atoms with Gasteiger partial charge in [-0.15, -0.1) is 11.8 Å². The first-order valence-corrected chi connectivity index (χ1v) is 9.05. The first-order chi connectivity index (χ1) is 10.2. The Labute approximate surface area is 131 Å². The molecule has 2 rings (SSSR count). The molecule has 0 heterocycles. The standard InChI is InChI=1S/C17H24O3S/c1-3-17(18)20-16-10-5-4-9-15(16)13-7-6-8-14(11-13)19-12-21-2/h6-8,11,15-16H,3-5,9-10,12H2,1-2H3/t15-,16+/m1/s1.